The van der Waals surface area contributed by atoms with E-state index >= 15 is 0 Å². The van der Waals surface area contributed by atoms with Crippen molar-refractivity contribution in [3.8, 4) is 5.75 Å². The Bertz CT molecular complexity index is 461. The SMILES string of the molecule is COc1c(COC(=O)CN)cc(C)cc1C(C)(C)C. The van der Waals surface area contributed by atoms with Crippen molar-refractivity contribution in [1.29, 1.82) is 0 Å². The molecule has 4 nitrogen and oxygen atoms in total. The Balaban J connectivity index is 3.16. The molecular weight excluding hydrogens is 242 g/mol. The highest BCUT2D eigenvalue weighted by atomic mass is 16.5. The van der Waals surface area contributed by atoms with E-state index in [1.54, 1.807) is 7.11 Å². The average Bonchev–Trinajstić information content (AvgIpc) is 2.34. The minimum absolute atomic E-state index is 0.0377. The first-order valence-electron chi connectivity index (χ1n) is 6.33. The lowest BCUT2D eigenvalue weighted by molar-refractivity contribution is -0.143. The van der Waals surface area contributed by atoms with Gasteiger partial charge in [0.2, 0.25) is 0 Å². The average molecular weight is 265 g/mol. The third-order valence-electron chi connectivity index (χ3n) is 2.88. The van der Waals surface area contributed by atoms with Gasteiger partial charge >= 0.3 is 5.97 Å². The number of rotatable bonds is 4. The molecule has 4 heteroatoms. The summed E-state index contributed by atoms with van der Waals surface area (Å²) in [5, 5.41) is 0. The van der Waals surface area contributed by atoms with Crippen LogP contribution in [-0.2, 0) is 21.6 Å². The van der Waals surface area contributed by atoms with E-state index in [-0.39, 0.29) is 18.6 Å². The first-order chi connectivity index (χ1) is 8.79. The van der Waals surface area contributed by atoms with E-state index in [1.807, 2.05) is 13.0 Å². The second kappa shape index (κ2) is 6.06. The molecule has 0 aliphatic carbocycles. The minimum Gasteiger partial charge on any atom is -0.496 e. The van der Waals surface area contributed by atoms with Gasteiger partial charge in [-0.3, -0.25) is 4.79 Å². The highest BCUT2D eigenvalue weighted by molar-refractivity contribution is 5.71. The molecule has 0 saturated heterocycles. The minimum atomic E-state index is -0.416. The van der Waals surface area contributed by atoms with Crippen molar-refractivity contribution in [1.82, 2.24) is 0 Å². The van der Waals surface area contributed by atoms with E-state index in [9.17, 15) is 4.79 Å². The fourth-order valence-corrected chi connectivity index (χ4v) is 1.97. The Labute approximate surface area is 114 Å². The lowest BCUT2D eigenvalue weighted by Crippen LogP contribution is -2.18. The van der Waals surface area contributed by atoms with Crippen LogP contribution >= 0.6 is 0 Å². The quantitative estimate of drug-likeness (QED) is 0.849. The van der Waals surface area contributed by atoms with Crippen molar-refractivity contribution >= 4 is 5.97 Å². The summed E-state index contributed by atoms with van der Waals surface area (Å²) in [6.45, 7) is 8.47. The molecule has 0 aliphatic rings. The van der Waals surface area contributed by atoms with Crippen LogP contribution in [0.25, 0.3) is 0 Å². The molecule has 19 heavy (non-hydrogen) atoms. The van der Waals surface area contributed by atoms with E-state index in [1.165, 1.54) is 0 Å². The second-order valence-corrected chi connectivity index (χ2v) is 5.62. The molecule has 2 N–H and O–H groups in total. The molecule has 0 spiro atoms. The summed E-state index contributed by atoms with van der Waals surface area (Å²) in [7, 11) is 1.63. The Morgan fingerprint density at radius 3 is 2.42 bits per heavy atom. The monoisotopic (exact) mass is 265 g/mol. The number of nitrogens with two attached hydrogens (primary N) is 1. The molecular formula is C15H23NO3. The van der Waals surface area contributed by atoms with Gasteiger partial charge in [-0.2, -0.15) is 0 Å². The molecule has 0 bridgehead atoms. The fraction of sp³-hybridized carbons (Fsp3) is 0.533. The van der Waals surface area contributed by atoms with Crippen LogP contribution in [0.4, 0.5) is 0 Å². The van der Waals surface area contributed by atoms with Crippen molar-refractivity contribution in [3.63, 3.8) is 0 Å². The molecule has 0 heterocycles. The number of esters is 1. The summed E-state index contributed by atoms with van der Waals surface area (Å²) in [5.41, 5.74) is 8.28. The molecule has 1 aromatic carbocycles. The Hall–Kier alpha value is -1.55. The standard InChI is InChI=1S/C15H23NO3/c1-10-6-11(9-19-13(17)8-16)14(18-5)12(7-10)15(2,3)4/h6-7H,8-9,16H2,1-5H3. The normalized spacial score (nSPS) is 11.3. The topological polar surface area (TPSA) is 61.5 Å². The van der Waals surface area contributed by atoms with Crippen LogP contribution < -0.4 is 10.5 Å². The summed E-state index contributed by atoms with van der Waals surface area (Å²) in [6.07, 6.45) is 0. The van der Waals surface area contributed by atoms with Crippen molar-refractivity contribution in [2.45, 2.75) is 39.7 Å². The maximum atomic E-state index is 11.2. The van der Waals surface area contributed by atoms with Crippen LogP contribution in [0.1, 0.15) is 37.5 Å². The molecule has 0 aromatic heterocycles. The van der Waals surface area contributed by atoms with Crippen LogP contribution in [0, 0.1) is 6.92 Å². The predicted molar refractivity (Wildman–Crippen MR) is 75.3 cm³/mol. The van der Waals surface area contributed by atoms with Gasteiger partial charge in [0.05, 0.1) is 13.7 Å². The van der Waals surface area contributed by atoms with Gasteiger partial charge in [0, 0.05) is 11.1 Å². The van der Waals surface area contributed by atoms with Gasteiger partial charge in [0.25, 0.3) is 0 Å². The van der Waals surface area contributed by atoms with Crippen LogP contribution in [0.15, 0.2) is 12.1 Å². The van der Waals surface area contributed by atoms with E-state index in [0.717, 1.165) is 22.4 Å². The lowest BCUT2D eigenvalue weighted by atomic mass is 9.84. The molecule has 1 rings (SSSR count). The van der Waals surface area contributed by atoms with E-state index in [0.29, 0.717) is 0 Å². The number of carbonyl (C=O) groups excluding carboxylic acids is 1. The van der Waals surface area contributed by atoms with Gasteiger partial charge < -0.3 is 15.2 Å². The third kappa shape index (κ3) is 3.96. The van der Waals surface area contributed by atoms with Gasteiger partial charge in [0.15, 0.2) is 0 Å². The summed E-state index contributed by atoms with van der Waals surface area (Å²) in [4.78, 5) is 11.2. The molecule has 0 fully saturated rings. The van der Waals surface area contributed by atoms with Crippen molar-refractivity contribution < 1.29 is 14.3 Å². The van der Waals surface area contributed by atoms with Crippen LogP contribution in [0.2, 0.25) is 0 Å². The van der Waals surface area contributed by atoms with E-state index in [4.69, 9.17) is 15.2 Å². The molecule has 0 aliphatic heterocycles. The van der Waals surface area contributed by atoms with Crippen molar-refractivity contribution in [3.05, 3.63) is 28.8 Å². The number of hydrogen-bond donors (Lipinski definition) is 1. The smallest absolute Gasteiger partial charge is 0.320 e. The Morgan fingerprint density at radius 1 is 1.32 bits per heavy atom. The number of methoxy groups -OCH3 is 1. The Morgan fingerprint density at radius 2 is 1.95 bits per heavy atom. The first kappa shape index (κ1) is 15.5. The van der Waals surface area contributed by atoms with Gasteiger partial charge in [0.1, 0.15) is 12.4 Å². The van der Waals surface area contributed by atoms with Gasteiger partial charge in [-0.15, -0.1) is 0 Å². The molecule has 1 aromatic rings. The van der Waals surface area contributed by atoms with Crippen molar-refractivity contribution in [2.75, 3.05) is 13.7 Å². The fourth-order valence-electron chi connectivity index (χ4n) is 1.97. The number of benzene rings is 1. The number of aryl methyl sites for hydroxylation is 1. The van der Waals surface area contributed by atoms with Gasteiger partial charge in [-0.05, 0) is 18.4 Å². The summed E-state index contributed by atoms with van der Waals surface area (Å²) >= 11 is 0. The lowest BCUT2D eigenvalue weighted by Gasteiger charge is -2.24. The highest BCUT2D eigenvalue weighted by Crippen LogP contribution is 2.35. The van der Waals surface area contributed by atoms with Crippen LogP contribution in [0.3, 0.4) is 0 Å². The van der Waals surface area contributed by atoms with Gasteiger partial charge in [-0.25, -0.2) is 0 Å². The predicted octanol–water partition coefficient (Wildman–Crippen LogP) is 2.30. The van der Waals surface area contributed by atoms with Crippen LogP contribution in [-0.4, -0.2) is 19.6 Å². The zero-order valence-electron chi connectivity index (χ0n) is 12.4. The summed E-state index contributed by atoms with van der Waals surface area (Å²) in [5.74, 6) is 0.365. The summed E-state index contributed by atoms with van der Waals surface area (Å²) < 4.78 is 10.6. The maximum absolute atomic E-state index is 11.2. The zero-order chi connectivity index (χ0) is 14.6. The maximum Gasteiger partial charge on any atom is 0.320 e. The number of carbonyl (C=O) groups is 1. The van der Waals surface area contributed by atoms with Crippen LogP contribution in [0.5, 0.6) is 5.75 Å². The third-order valence-corrected chi connectivity index (χ3v) is 2.88. The van der Waals surface area contributed by atoms with Gasteiger partial charge in [-0.1, -0.05) is 32.4 Å². The number of hydrogen-bond acceptors (Lipinski definition) is 4. The molecule has 0 atom stereocenters. The Kier molecular flexibility index (Phi) is 4.95. The molecule has 0 unspecified atom stereocenters. The second-order valence-electron chi connectivity index (χ2n) is 5.62. The molecule has 0 saturated carbocycles. The highest BCUT2D eigenvalue weighted by Gasteiger charge is 2.22. The molecule has 0 amide bonds. The molecule has 0 radical (unpaired) electrons. The summed E-state index contributed by atoms with van der Waals surface area (Å²) in [6, 6.07) is 4.07. The zero-order valence-corrected chi connectivity index (χ0v) is 12.4. The van der Waals surface area contributed by atoms with E-state index in [2.05, 4.69) is 26.8 Å². The number of ether oxygens (including phenoxy) is 2. The largest absolute Gasteiger partial charge is 0.496 e. The molecule has 106 valence electrons. The van der Waals surface area contributed by atoms with E-state index < -0.39 is 5.97 Å². The van der Waals surface area contributed by atoms with Crippen molar-refractivity contribution in [2.24, 2.45) is 5.73 Å². The first-order valence-corrected chi connectivity index (χ1v) is 6.33.